The van der Waals surface area contributed by atoms with Crippen molar-refractivity contribution in [1.29, 1.82) is 0 Å². The molecule has 0 fully saturated rings. The summed E-state index contributed by atoms with van der Waals surface area (Å²) in [7, 11) is 1.59. The van der Waals surface area contributed by atoms with Gasteiger partial charge in [0.1, 0.15) is 10.6 Å². The first-order valence-electron chi connectivity index (χ1n) is 5.41. The number of hydrogen-bond donors (Lipinski definition) is 0. The average molecular weight is 246 g/mol. The number of methoxy groups -OCH3 is 1. The molecule has 88 valence electrons. The zero-order valence-corrected chi connectivity index (χ0v) is 10.7. The van der Waals surface area contributed by atoms with Crippen molar-refractivity contribution in [3.05, 3.63) is 51.7 Å². The lowest BCUT2D eigenvalue weighted by Crippen LogP contribution is -2.03. The fourth-order valence-electron chi connectivity index (χ4n) is 1.75. The Morgan fingerprint density at radius 3 is 2.88 bits per heavy atom. The van der Waals surface area contributed by atoms with E-state index in [2.05, 4.69) is 0 Å². The van der Waals surface area contributed by atoms with Crippen molar-refractivity contribution < 1.29 is 9.53 Å². The van der Waals surface area contributed by atoms with E-state index < -0.39 is 0 Å². The third-order valence-corrected chi connectivity index (χ3v) is 3.49. The number of carbonyl (C=O) groups excluding carboxylic acids is 1. The van der Waals surface area contributed by atoms with Gasteiger partial charge in [-0.05, 0) is 23.9 Å². The second-order valence-corrected chi connectivity index (χ2v) is 4.82. The van der Waals surface area contributed by atoms with E-state index in [9.17, 15) is 4.79 Å². The predicted octanol–water partition coefficient (Wildman–Crippen LogP) is 3.49. The lowest BCUT2D eigenvalue weighted by molar-refractivity contribution is 0.0994. The van der Waals surface area contributed by atoms with Crippen LogP contribution in [-0.4, -0.2) is 12.9 Å². The van der Waals surface area contributed by atoms with Crippen LogP contribution in [0, 0.1) is 6.92 Å². The second-order valence-electron chi connectivity index (χ2n) is 3.91. The molecule has 0 amide bonds. The first-order chi connectivity index (χ1) is 8.20. The Balaban J connectivity index is 2.17. The second kappa shape index (κ2) is 5.15. The van der Waals surface area contributed by atoms with Crippen LogP contribution in [0.4, 0.5) is 0 Å². The highest BCUT2D eigenvalue weighted by Gasteiger charge is 2.14. The van der Waals surface area contributed by atoms with Crippen molar-refractivity contribution >= 4 is 17.1 Å². The Morgan fingerprint density at radius 1 is 1.35 bits per heavy atom. The number of benzene rings is 1. The monoisotopic (exact) mass is 246 g/mol. The van der Waals surface area contributed by atoms with Gasteiger partial charge in [0, 0.05) is 6.42 Å². The zero-order valence-electron chi connectivity index (χ0n) is 9.90. The third-order valence-electron chi connectivity index (χ3n) is 2.55. The fourth-order valence-corrected chi connectivity index (χ4v) is 2.55. The summed E-state index contributed by atoms with van der Waals surface area (Å²) < 4.78 is 5.16. The predicted molar refractivity (Wildman–Crippen MR) is 70.1 cm³/mol. The molecule has 2 aromatic rings. The average Bonchev–Trinajstić information content (AvgIpc) is 2.77. The van der Waals surface area contributed by atoms with E-state index in [1.165, 1.54) is 16.9 Å². The van der Waals surface area contributed by atoms with Crippen molar-refractivity contribution in [3.8, 4) is 5.75 Å². The standard InChI is InChI=1S/C14H14O2S/c1-10-4-3-5-11(8-10)9-12(15)14-13(16-2)6-7-17-14/h3-8H,9H2,1-2H3. The molecular weight excluding hydrogens is 232 g/mol. The number of Topliss-reactive ketones (excluding diaryl/α,β-unsaturated/α-hetero) is 1. The van der Waals surface area contributed by atoms with Gasteiger partial charge < -0.3 is 4.74 Å². The summed E-state index contributed by atoms with van der Waals surface area (Å²) in [5.41, 5.74) is 2.22. The van der Waals surface area contributed by atoms with Gasteiger partial charge in [0.25, 0.3) is 0 Å². The van der Waals surface area contributed by atoms with Crippen LogP contribution in [0.2, 0.25) is 0 Å². The molecule has 1 aromatic carbocycles. The van der Waals surface area contributed by atoms with Crippen LogP contribution in [-0.2, 0) is 6.42 Å². The molecule has 1 aromatic heterocycles. The first-order valence-corrected chi connectivity index (χ1v) is 6.29. The summed E-state index contributed by atoms with van der Waals surface area (Å²) in [4.78, 5) is 12.8. The van der Waals surface area contributed by atoms with Gasteiger partial charge in [-0.15, -0.1) is 11.3 Å². The number of rotatable bonds is 4. The minimum Gasteiger partial charge on any atom is -0.495 e. The molecule has 17 heavy (non-hydrogen) atoms. The Bertz CT molecular complexity index is 529. The van der Waals surface area contributed by atoms with Crippen molar-refractivity contribution in [2.45, 2.75) is 13.3 Å². The van der Waals surface area contributed by atoms with Crippen molar-refractivity contribution in [1.82, 2.24) is 0 Å². The van der Waals surface area contributed by atoms with Gasteiger partial charge in [-0.1, -0.05) is 29.8 Å². The number of aryl methyl sites for hydroxylation is 1. The van der Waals surface area contributed by atoms with Crippen LogP contribution in [0.3, 0.4) is 0 Å². The van der Waals surface area contributed by atoms with Gasteiger partial charge in [-0.25, -0.2) is 0 Å². The van der Waals surface area contributed by atoms with Gasteiger partial charge in [0.2, 0.25) is 0 Å². The van der Waals surface area contributed by atoms with Crippen molar-refractivity contribution in [2.24, 2.45) is 0 Å². The molecule has 0 unspecified atom stereocenters. The topological polar surface area (TPSA) is 26.3 Å². The smallest absolute Gasteiger partial charge is 0.180 e. The molecular formula is C14H14O2S. The molecule has 0 bridgehead atoms. The van der Waals surface area contributed by atoms with E-state index in [1.54, 1.807) is 7.11 Å². The molecule has 0 radical (unpaired) electrons. The van der Waals surface area contributed by atoms with E-state index in [-0.39, 0.29) is 5.78 Å². The van der Waals surface area contributed by atoms with Crippen LogP contribution < -0.4 is 4.74 Å². The highest BCUT2D eigenvalue weighted by Crippen LogP contribution is 2.26. The van der Waals surface area contributed by atoms with Crippen LogP contribution in [0.15, 0.2) is 35.7 Å². The van der Waals surface area contributed by atoms with Gasteiger partial charge in [0.05, 0.1) is 7.11 Å². The van der Waals surface area contributed by atoms with Gasteiger partial charge in [0.15, 0.2) is 5.78 Å². The minimum absolute atomic E-state index is 0.113. The fraction of sp³-hybridized carbons (Fsp3) is 0.214. The van der Waals surface area contributed by atoms with Gasteiger partial charge >= 0.3 is 0 Å². The molecule has 1 heterocycles. The maximum Gasteiger partial charge on any atom is 0.180 e. The Morgan fingerprint density at radius 2 is 2.18 bits per heavy atom. The number of ether oxygens (including phenoxy) is 1. The summed E-state index contributed by atoms with van der Waals surface area (Å²) in [6, 6.07) is 9.85. The van der Waals surface area contributed by atoms with Gasteiger partial charge in [-0.2, -0.15) is 0 Å². The Labute approximate surface area is 105 Å². The van der Waals surface area contributed by atoms with E-state index >= 15 is 0 Å². The largest absolute Gasteiger partial charge is 0.495 e. The molecule has 0 spiro atoms. The van der Waals surface area contributed by atoms with E-state index in [0.717, 1.165) is 5.56 Å². The summed E-state index contributed by atoms with van der Waals surface area (Å²) in [6.07, 6.45) is 0.429. The molecule has 0 saturated heterocycles. The summed E-state index contributed by atoms with van der Waals surface area (Å²) in [6.45, 7) is 2.03. The highest BCUT2D eigenvalue weighted by atomic mass is 32.1. The Kier molecular flexibility index (Phi) is 3.59. The van der Waals surface area contributed by atoms with Gasteiger partial charge in [-0.3, -0.25) is 4.79 Å². The van der Waals surface area contributed by atoms with Crippen LogP contribution in [0.25, 0.3) is 0 Å². The minimum atomic E-state index is 0.113. The van der Waals surface area contributed by atoms with Crippen molar-refractivity contribution in [2.75, 3.05) is 7.11 Å². The number of thiophene rings is 1. The molecule has 3 heteroatoms. The maximum atomic E-state index is 12.1. The SMILES string of the molecule is COc1ccsc1C(=O)Cc1cccc(C)c1. The molecule has 2 rings (SSSR count). The number of hydrogen-bond acceptors (Lipinski definition) is 3. The lowest BCUT2D eigenvalue weighted by atomic mass is 10.1. The van der Waals surface area contributed by atoms with E-state index in [4.69, 9.17) is 4.74 Å². The molecule has 2 nitrogen and oxygen atoms in total. The Hall–Kier alpha value is -1.61. The molecule has 0 aliphatic rings. The normalized spacial score (nSPS) is 10.2. The lowest BCUT2D eigenvalue weighted by Gasteiger charge is -2.03. The third kappa shape index (κ3) is 2.74. The summed E-state index contributed by atoms with van der Waals surface area (Å²) >= 11 is 1.43. The maximum absolute atomic E-state index is 12.1. The number of carbonyl (C=O) groups is 1. The quantitative estimate of drug-likeness (QED) is 0.772. The van der Waals surface area contributed by atoms with E-state index in [1.807, 2.05) is 42.6 Å². The summed E-state index contributed by atoms with van der Waals surface area (Å²) in [5, 5.41) is 1.88. The van der Waals surface area contributed by atoms with Crippen LogP contribution in [0.1, 0.15) is 20.8 Å². The number of ketones is 1. The van der Waals surface area contributed by atoms with Crippen LogP contribution in [0.5, 0.6) is 5.75 Å². The summed E-state index contributed by atoms with van der Waals surface area (Å²) in [5.74, 6) is 0.787. The first kappa shape index (κ1) is 11.9. The molecule has 0 atom stereocenters. The molecule has 0 saturated carbocycles. The van der Waals surface area contributed by atoms with Crippen LogP contribution >= 0.6 is 11.3 Å². The highest BCUT2D eigenvalue weighted by molar-refractivity contribution is 7.12. The zero-order chi connectivity index (χ0) is 12.3. The molecule has 0 aliphatic heterocycles. The molecule has 0 N–H and O–H groups in total. The van der Waals surface area contributed by atoms with Crippen molar-refractivity contribution in [3.63, 3.8) is 0 Å². The molecule has 0 aliphatic carbocycles. The van der Waals surface area contributed by atoms with E-state index in [0.29, 0.717) is 17.0 Å².